The van der Waals surface area contributed by atoms with E-state index < -0.39 is 56.3 Å². The van der Waals surface area contributed by atoms with Gasteiger partial charge in [0.25, 0.3) is 20.0 Å². The lowest BCUT2D eigenvalue weighted by molar-refractivity contribution is -0.0115. The van der Waals surface area contributed by atoms with Crippen LogP contribution < -0.4 is 9.44 Å². The lowest BCUT2D eigenvalue weighted by Gasteiger charge is -2.54. The van der Waals surface area contributed by atoms with Gasteiger partial charge in [0.1, 0.15) is 12.2 Å². The molecule has 12 heteroatoms. The molecule has 0 saturated carbocycles. The summed E-state index contributed by atoms with van der Waals surface area (Å²) in [5.41, 5.74) is 5.85. The first-order valence-electron chi connectivity index (χ1n) is 15.4. The summed E-state index contributed by atoms with van der Waals surface area (Å²) in [7, 11) is -8.43. The van der Waals surface area contributed by atoms with Crippen LogP contribution in [-0.4, -0.2) is 41.2 Å². The number of carbonyl (C=O) groups is 2. The molecule has 4 aliphatic carbocycles. The topological polar surface area (TPSA) is 145 Å². The largest absolute Gasteiger partial charge is 0.441 e. The molecule has 10 nitrogen and oxygen atoms in total. The molecule has 4 aromatic carbocycles. The molecule has 4 atom stereocenters. The minimum absolute atomic E-state index is 0.0817. The van der Waals surface area contributed by atoms with E-state index in [2.05, 4.69) is 0 Å². The molecule has 4 aliphatic rings. The summed E-state index contributed by atoms with van der Waals surface area (Å²) >= 11 is 0. The molecule has 0 saturated heterocycles. The maximum Gasteiger partial charge on any atom is 0.421 e. The molecule has 0 aliphatic heterocycles. The van der Waals surface area contributed by atoms with Crippen molar-refractivity contribution in [2.75, 3.05) is 0 Å². The fourth-order valence-electron chi connectivity index (χ4n) is 7.36. The number of rotatable bonds is 6. The van der Waals surface area contributed by atoms with Gasteiger partial charge in [-0.2, -0.15) is 0 Å². The van der Waals surface area contributed by atoms with E-state index in [9.17, 15) is 26.4 Å². The van der Waals surface area contributed by atoms with Crippen LogP contribution in [0.3, 0.4) is 0 Å². The summed E-state index contributed by atoms with van der Waals surface area (Å²) in [4.78, 5) is 26.2. The molecule has 0 spiro atoms. The lowest BCUT2D eigenvalue weighted by atomic mass is 9.50. The van der Waals surface area contributed by atoms with Crippen molar-refractivity contribution in [1.29, 1.82) is 0 Å². The van der Waals surface area contributed by atoms with Crippen molar-refractivity contribution in [3.05, 3.63) is 143 Å². The highest BCUT2D eigenvalue weighted by Gasteiger charge is 2.57. The number of nitrogens with one attached hydrogen (secondary N) is 2. The molecule has 8 rings (SSSR count). The number of hydrogen-bond donors (Lipinski definition) is 2. The van der Waals surface area contributed by atoms with Crippen LogP contribution in [0, 0.1) is 25.7 Å². The molecule has 2 N–H and O–H groups in total. The number of ether oxygens (including phenoxy) is 2. The van der Waals surface area contributed by atoms with E-state index in [-0.39, 0.29) is 21.6 Å². The van der Waals surface area contributed by atoms with Gasteiger partial charge in [0.2, 0.25) is 0 Å². The summed E-state index contributed by atoms with van der Waals surface area (Å²) in [6.07, 6.45) is -0.940. The van der Waals surface area contributed by atoms with Crippen molar-refractivity contribution in [2.24, 2.45) is 11.8 Å². The third kappa shape index (κ3) is 5.64. The second kappa shape index (κ2) is 11.9. The van der Waals surface area contributed by atoms with Gasteiger partial charge < -0.3 is 9.47 Å². The van der Waals surface area contributed by atoms with Gasteiger partial charge in [0.05, 0.1) is 9.79 Å². The van der Waals surface area contributed by atoms with Gasteiger partial charge in [-0.05, 0) is 72.5 Å². The number of amides is 2. The van der Waals surface area contributed by atoms with Crippen molar-refractivity contribution in [3.8, 4) is 0 Å². The van der Waals surface area contributed by atoms with Crippen LogP contribution in [0.2, 0.25) is 0 Å². The molecule has 4 aromatic rings. The molecule has 48 heavy (non-hydrogen) atoms. The Kier molecular flexibility index (Phi) is 7.87. The highest BCUT2D eigenvalue weighted by molar-refractivity contribution is 7.90. The molecule has 246 valence electrons. The normalized spacial score (nSPS) is 23.6. The van der Waals surface area contributed by atoms with Gasteiger partial charge in [-0.25, -0.2) is 35.9 Å². The van der Waals surface area contributed by atoms with Crippen LogP contribution in [0.1, 0.15) is 45.2 Å². The average molecular weight is 685 g/mol. The van der Waals surface area contributed by atoms with Crippen molar-refractivity contribution in [2.45, 2.75) is 47.7 Å². The van der Waals surface area contributed by atoms with E-state index in [1.807, 2.05) is 71.8 Å². The first-order chi connectivity index (χ1) is 22.9. The minimum Gasteiger partial charge on any atom is -0.441 e. The maximum atomic E-state index is 13.2. The highest BCUT2D eigenvalue weighted by atomic mass is 32.2. The highest BCUT2D eigenvalue weighted by Crippen LogP contribution is 2.61. The van der Waals surface area contributed by atoms with Crippen LogP contribution in [0.5, 0.6) is 0 Å². The first kappa shape index (κ1) is 31.6. The number of sulfonamides is 2. The predicted octanol–water partition coefficient (Wildman–Crippen LogP) is 5.66. The minimum atomic E-state index is -4.22. The Morgan fingerprint density at radius 1 is 0.521 bits per heavy atom. The Hall–Kier alpha value is -4.94. The molecule has 0 unspecified atom stereocenters. The second-order valence-corrected chi connectivity index (χ2v) is 15.7. The Morgan fingerprint density at radius 2 is 0.833 bits per heavy atom. The zero-order chi connectivity index (χ0) is 33.8. The fourth-order valence-corrected chi connectivity index (χ4v) is 9.12. The van der Waals surface area contributed by atoms with E-state index >= 15 is 0 Å². The lowest BCUT2D eigenvalue weighted by Crippen LogP contribution is -2.53. The molecular formula is C36H32N2O8S2. The van der Waals surface area contributed by atoms with Gasteiger partial charge in [-0.1, -0.05) is 83.9 Å². The molecule has 0 heterocycles. The number of benzene rings is 4. The van der Waals surface area contributed by atoms with Gasteiger partial charge in [-0.3, -0.25) is 0 Å². The summed E-state index contributed by atoms with van der Waals surface area (Å²) in [5, 5.41) is 0. The Bertz CT molecular complexity index is 1960. The van der Waals surface area contributed by atoms with Crippen LogP contribution in [-0.2, 0) is 29.5 Å². The molecular weight excluding hydrogens is 653 g/mol. The third-order valence-electron chi connectivity index (χ3n) is 9.38. The summed E-state index contributed by atoms with van der Waals surface area (Å²) in [5.74, 6) is -1.56. The maximum absolute atomic E-state index is 13.2. The Labute approximate surface area is 278 Å². The number of carbonyl (C=O) groups excluding carboxylic acids is 2. The zero-order valence-corrected chi connectivity index (χ0v) is 27.6. The second-order valence-electron chi connectivity index (χ2n) is 12.3. The number of hydrogen-bond acceptors (Lipinski definition) is 8. The summed E-state index contributed by atoms with van der Waals surface area (Å²) < 4.78 is 67.7. The van der Waals surface area contributed by atoms with E-state index in [4.69, 9.17) is 9.47 Å². The van der Waals surface area contributed by atoms with Gasteiger partial charge in [-0.15, -0.1) is 0 Å². The van der Waals surface area contributed by atoms with E-state index in [0.29, 0.717) is 0 Å². The van der Waals surface area contributed by atoms with Crippen molar-refractivity contribution < 1.29 is 35.9 Å². The Morgan fingerprint density at radius 3 is 1.15 bits per heavy atom. The quantitative estimate of drug-likeness (QED) is 0.248. The van der Waals surface area contributed by atoms with Gasteiger partial charge in [0, 0.05) is 23.7 Å². The van der Waals surface area contributed by atoms with Crippen LogP contribution >= 0.6 is 0 Å². The van der Waals surface area contributed by atoms with Crippen molar-refractivity contribution in [3.63, 3.8) is 0 Å². The third-order valence-corrected chi connectivity index (χ3v) is 12.0. The summed E-state index contributed by atoms with van der Waals surface area (Å²) in [6, 6.07) is 28.0. The van der Waals surface area contributed by atoms with E-state index in [1.165, 1.54) is 24.3 Å². The zero-order valence-electron chi connectivity index (χ0n) is 25.9. The smallest absolute Gasteiger partial charge is 0.421 e. The van der Waals surface area contributed by atoms with E-state index in [0.717, 1.165) is 33.4 Å². The fraction of sp³-hybridized carbons (Fsp3) is 0.222. The number of aryl methyl sites for hydroxylation is 2. The monoisotopic (exact) mass is 684 g/mol. The molecule has 2 amide bonds. The van der Waals surface area contributed by atoms with Crippen molar-refractivity contribution in [1.82, 2.24) is 9.44 Å². The van der Waals surface area contributed by atoms with Gasteiger partial charge >= 0.3 is 12.2 Å². The first-order valence-corrected chi connectivity index (χ1v) is 18.4. The van der Waals surface area contributed by atoms with Gasteiger partial charge in [0.15, 0.2) is 0 Å². The molecule has 0 radical (unpaired) electrons. The SMILES string of the molecule is Cc1ccc(S(=O)(=O)NC(=O)O[C@H]2C=C[C@@H](OC(=O)NS(=O)(=O)c3ccc(C)cc3)[C@H]3C4c5ccccc5C(c5ccccc54)[C@H]32)cc1. The Balaban J connectivity index is 1.22. The van der Waals surface area contributed by atoms with Crippen LogP contribution in [0.25, 0.3) is 0 Å². The molecule has 0 fully saturated rings. The molecule has 0 aromatic heterocycles. The summed E-state index contributed by atoms with van der Waals surface area (Å²) in [6.45, 7) is 3.64. The molecule has 2 bridgehead atoms. The standard InChI is InChI=1S/C36H32N2O8S2/c1-21-11-15-23(16-12-21)47(41,42)37-35(39)45-29-19-20-30(46-36(40)38-48(43,44)24-17-13-22(2)14-18-24)34-32-27-9-5-3-7-25(27)31(33(29)34)26-8-4-6-10-28(26)32/h3-20,29-34H,1-2H3,(H,37,39)(H,38,40)/t29-,30+,31?,32?,33+,34-. The van der Waals surface area contributed by atoms with Crippen LogP contribution in [0.4, 0.5) is 9.59 Å². The average Bonchev–Trinajstić information content (AvgIpc) is 3.05. The van der Waals surface area contributed by atoms with E-state index in [1.54, 1.807) is 36.4 Å². The van der Waals surface area contributed by atoms with Crippen LogP contribution in [0.15, 0.2) is 119 Å². The predicted molar refractivity (Wildman–Crippen MR) is 176 cm³/mol. The van der Waals surface area contributed by atoms with Crippen molar-refractivity contribution >= 4 is 32.2 Å².